The largest absolute Gasteiger partial charge is 0.433 e. The quantitative estimate of drug-likeness (QED) is 0.227. The van der Waals surface area contributed by atoms with Crippen LogP contribution in [-0.2, 0) is 12.7 Å². The molecule has 1 amide bonds. The van der Waals surface area contributed by atoms with Crippen molar-refractivity contribution in [3.05, 3.63) is 97.8 Å². The van der Waals surface area contributed by atoms with Gasteiger partial charge < -0.3 is 5.32 Å². The molecule has 5 aromatic rings. The monoisotopic (exact) mass is 598 g/mol. The highest BCUT2D eigenvalue weighted by Crippen LogP contribution is 2.33. The molecule has 1 N–H and O–H groups in total. The van der Waals surface area contributed by atoms with Crippen LogP contribution in [0.15, 0.2) is 60.8 Å². The maximum absolute atomic E-state index is 13.9. The molecule has 0 aliphatic carbocycles. The predicted octanol–water partition coefficient (Wildman–Crippen LogP) is 7.53. The van der Waals surface area contributed by atoms with Gasteiger partial charge in [-0.2, -0.15) is 23.4 Å². The second-order valence-electron chi connectivity index (χ2n) is 8.04. The molecule has 14 heteroatoms. The van der Waals surface area contributed by atoms with Gasteiger partial charge in [-0.1, -0.05) is 64.6 Å². The summed E-state index contributed by atoms with van der Waals surface area (Å²) in [6.07, 6.45) is -3.30. The molecule has 0 radical (unpaired) electrons. The Hall–Kier alpha value is -3.31. The van der Waals surface area contributed by atoms with E-state index in [1.807, 2.05) is 0 Å². The van der Waals surface area contributed by atoms with Crippen LogP contribution in [0.1, 0.15) is 21.7 Å². The number of carbonyl (C=O) groups excluding carboxylic acids is 1. The lowest BCUT2D eigenvalue weighted by molar-refractivity contribution is -0.142. The van der Waals surface area contributed by atoms with Crippen LogP contribution in [0.2, 0.25) is 20.1 Å². The summed E-state index contributed by atoms with van der Waals surface area (Å²) in [7, 11) is 0. The minimum atomic E-state index is -4.77. The van der Waals surface area contributed by atoms with Crippen molar-refractivity contribution in [1.29, 1.82) is 0 Å². The lowest BCUT2D eigenvalue weighted by Crippen LogP contribution is -2.16. The third-order valence-corrected chi connectivity index (χ3v) is 6.50. The Morgan fingerprint density at radius 2 is 1.61 bits per heavy atom. The highest BCUT2D eigenvalue weighted by Gasteiger charge is 2.35. The van der Waals surface area contributed by atoms with Crippen molar-refractivity contribution in [1.82, 2.24) is 24.4 Å². The van der Waals surface area contributed by atoms with Gasteiger partial charge >= 0.3 is 6.18 Å². The third-order valence-electron chi connectivity index (χ3n) is 5.39. The van der Waals surface area contributed by atoms with E-state index >= 15 is 0 Å². The fraction of sp³-hybridized carbons (Fsp3) is 0.0833. The number of amides is 1. The molecular weight excluding hydrogens is 587 g/mol. The number of alkyl halides is 3. The SMILES string of the molecule is O=C(Nc1nn(Cc2ccc(Cl)cc2Cl)cc1Cl)c1cc2nc(-c3ccc(Cl)cc3)cc(C(F)(F)F)n2n1. The van der Waals surface area contributed by atoms with Crippen LogP contribution >= 0.6 is 46.4 Å². The lowest BCUT2D eigenvalue weighted by atomic mass is 10.1. The second-order valence-corrected chi connectivity index (χ2v) is 9.73. The fourth-order valence-corrected chi connectivity index (χ4v) is 4.41. The van der Waals surface area contributed by atoms with Crippen molar-refractivity contribution in [3.63, 3.8) is 0 Å². The minimum Gasteiger partial charge on any atom is -0.302 e. The molecule has 0 atom stereocenters. The Bertz CT molecular complexity index is 1680. The Kier molecular flexibility index (Phi) is 6.99. The van der Waals surface area contributed by atoms with Crippen LogP contribution in [0.25, 0.3) is 16.9 Å². The van der Waals surface area contributed by atoms with Gasteiger partial charge in [0.2, 0.25) is 0 Å². The molecule has 0 aliphatic rings. The molecule has 5 rings (SSSR count). The summed E-state index contributed by atoms with van der Waals surface area (Å²) >= 11 is 24.2. The molecule has 0 saturated carbocycles. The Morgan fingerprint density at radius 1 is 0.895 bits per heavy atom. The minimum absolute atomic E-state index is 0.00957. The van der Waals surface area contributed by atoms with Gasteiger partial charge in [0.05, 0.1) is 12.2 Å². The zero-order chi connectivity index (χ0) is 27.2. The second kappa shape index (κ2) is 10.1. The average molecular weight is 600 g/mol. The Labute approximate surface area is 232 Å². The number of anilines is 1. The summed E-state index contributed by atoms with van der Waals surface area (Å²) in [6.45, 7) is 0.228. The smallest absolute Gasteiger partial charge is 0.302 e. The van der Waals surface area contributed by atoms with Crippen molar-refractivity contribution < 1.29 is 18.0 Å². The number of nitrogens with zero attached hydrogens (tertiary/aromatic N) is 5. The molecule has 0 unspecified atom stereocenters. The first-order valence-corrected chi connectivity index (χ1v) is 12.2. The van der Waals surface area contributed by atoms with Crippen molar-refractivity contribution in [2.75, 3.05) is 5.32 Å². The molecule has 194 valence electrons. The first-order chi connectivity index (χ1) is 18.0. The van der Waals surface area contributed by atoms with E-state index in [1.54, 1.807) is 30.3 Å². The maximum atomic E-state index is 13.9. The van der Waals surface area contributed by atoms with Crippen molar-refractivity contribution in [2.24, 2.45) is 0 Å². The Balaban J connectivity index is 1.44. The van der Waals surface area contributed by atoms with Crippen LogP contribution in [0.4, 0.5) is 19.0 Å². The van der Waals surface area contributed by atoms with E-state index in [0.717, 1.165) is 12.1 Å². The van der Waals surface area contributed by atoms with Crippen LogP contribution in [0.3, 0.4) is 0 Å². The number of halogens is 7. The van der Waals surface area contributed by atoms with Gasteiger partial charge in [0, 0.05) is 32.9 Å². The van der Waals surface area contributed by atoms with Gasteiger partial charge in [0.1, 0.15) is 5.02 Å². The van der Waals surface area contributed by atoms with Gasteiger partial charge in [-0.25, -0.2) is 9.50 Å². The normalized spacial score (nSPS) is 11.8. The maximum Gasteiger partial charge on any atom is 0.433 e. The molecule has 0 saturated heterocycles. The topological polar surface area (TPSA) is 77.1 Å². The van der Waals surface area contributed by atoms with Gasteiger partial charge in [-0.05, 0) is 35.9 Å². The van der Waals surface area contributed by atoms with Gasteiger partial charge in [-0.15, -0.1) is 0 Å². The van der Waals surface area contributed by atoms with E-state index in [9.17, 15) is 18.0 Å². The number of fused-ring (bicyclic) bond motifs is 1. The van der Waals surface area contributed by atoms with E-state index in [-0.39, 0.29) is 34.4 Å². The highest BCUT2D eigenvalue weighted by molar-refractivity contribution is 6.35. The van der Waals surface area contributed by atoms with Crippen molar-refractivity contribution in [3.8, 4) is 11.3 Å². The van der Waals surface area contributed by atoms with Gasteiger partial charge in [0.15, 0.2) is 22.9 Å². The summed E-state index contributed by atoms with van der Waals surface area (Å²) in [5.41, 5.74) is -0.445. The molecule has 2 aromatic carbocycles. The zero-order valence-corrected chi connectivity index (χ0v) is 21.8. The summed E-state index contributed by atoms with van der Waals surface area (Å²) in [4.78, 5) is 17.1. The molecule has 0 spiro atoms. The number of aromatic nitrogens is 5. The molecule has 7 nitrogen and oxygen atoms in total. The fourth-order valence-electron chi connectivity index (χ4n) is 3.61. The van der Waals surface area contributed by atoms with E-state index < -0.39 is 17.8 Å². The van der Waals surface area contributed by atoms with Gasteiger partial charge in [0.25, 0.3) is 5.91 Å². The van der Waals surface area contributed by atoms with E-state index in [2.05, 4.69) is 20.5 Å². The van der Waals surface area contributed by atoms with Crippen molar-refractivity contribution >= 4 is 63.8 Å². The van der Waals surface area contributed by atoms with E-state index in [1.165, 1.54) is 23.0 Å². The zero-order valence-electron chi connectivity index (χ0n) is 18.8. The molecular formula is C24H13Cl4F3N6O. The van der Waals surface area contributed by atoms with E-state index in [0.29, 0.717) is 30.7 Å². The predicted molar refractivity (Wildman–Crippen MR) is 139 cm³/mol. The summed E-state index contributed by atoms with van der Waals surface area (Å²) in [6, 6.07) is 13.1. The average Bonchev–Trinajstić information content (AvgIpc) is 3.43. The first kappa shape index (κ1) is 26.3. The van der Waals surface area contributed by atoms with Crippen LogP contribution in [0, 0.1) is 0 Å². The van der Waals surface area contributed by atoms with Crippen molar-refractivity contribution in [2.45, 2.75) is 12.7 Å². The lowest BCUT2D eigenvalue weighted by Gasteiger charge is -2.11. The molecule has 0 aliphatic heterocycles. The van der Waals surface area contributed by atoms with E-state index in [4.69, 9.17) is 46.4 Å². The summed E-state index contributed by atoms with van der Waals surface area (Å²) < 4.78 is 43.6. The van der Waals surface area contributed by atoms with Gasteiger partial charge in [-0.3, -0.25) is 9.48 Å². The Morgan fingerprint density at radius 3 is 2.29 bits per heavy atom. The standard InChI is InChI=1S/C24H13Cl4F3N6O/c25-14-4-1-12(2-5-14)18-8-20(24(29,30)31)37-21(32-18)9-19(34-37)23(38)33-22-17(28)11-36(35-22)10-13-3-6-15(26)7-16(13)27/h1-9,11H,10H2,(H,33,35,38). The summed E-state index contributed by atoms with van der Waals surface area (Å²) in [5.74, 6) is -0.835. The number of rotatable bonds is 5. The molecule has 3 aromatic heterocycles. The number of hydrogen-bond acceptors (Lipinski definition) is 4. The number of hydrogen-bond donors (Lipinski definition) is 1. The van der Waals surface area contributed by atoms with Crippen LogP contribution in [-0.4, -0.2) is 30.3 Å². The number of nitrogens with one attached hydrogen (secondary N) is 1. The molecule has 3 heterocycles. The third kappa shape index (κ3) is 5.44. The molecule has 0 fully saturated rings. The van der Waals surface area contributed by atoms with Crippen LogP contribution in [0.5, 0.6) is 0 Å². The molecule has 38 heavy (non-hydrogen) atoms. The van der Waals surface area contributed by atoms with Crippen LogP contribution < -0.4 is 5.32 Å². The summed E-state index contributed by atoms with van der Waals surface area (Å²) in [5, 5.41) is 12.0. The first-order valence-electron chi connectivity index (χ1n) is 10.7. The molecule has 0 bridgehead atoms. The number of carbonyl (C=O) groups is 1. The number of benzene rings is 2. The highest BCUT2D eigenvalue weighted by atomic mass is 35.5.